The van der Waals surface area contributed by atoms with E-state index in [9.17, 15) is 19.2 Å². The van der Waals surface area contributed by atoms with E-state index in [1.165, 1.54) is 0 Å². The number of hydrogen-bond acceptors (Lipinski definition) is 5. The molecule has 1 heterocycles. The molecular formula is C39H50N4O5. The van der Waals surface area contributed by atoms with Crippen LogP contribution >= 0.6 is 0 Å². The van der Waals surface area contributed by atoms with Gasteiger partial charge in [-0.15, -0.1) is 0 Å². The van der Waals surface area contributed by atoms with Crippen molar-refractivity contribution in [3.05, 3.63) is 108 Å². The number of hydrogen-bond donors (Lipinski definition) is 3. The molecule has 1 atom stereocenters. The van der Waals surface area contributed by atoms with Crippen LogP contribution in [0.4, 0.5) is 4.79 Å². The highest BCUT2D eigenvalue weighted by Gasteiger charge is 2.38. The summed E-state index contributed by atoms with van der Waals surface area (Å²) in [4.78, 5) is 52.4. The molecule has 0 bridgehead atoms. The molecule has 3 N–H and O–H groups in total. The molecule has 1 fully saturated rings. The summed E-state index contributed by atoms with van der Waals surface area (Å²) < 4.78 is 5.48. The Labute approximate surface area is 284 Å². The Morgan fingerprint density at radius 3 is 1.77 bits per heavy atom. The maximum absolute atomic E-state index is 13.5. The number of nitrogens with one attached hydrogen (secondary N) is 3. The molecule has 9 nitrogen and oxygen atoms in total. The van der Waals surface area contributed by atoms with Gasteiger partial charge in [0.15, 0.2) is 0 Å². The summed E-state index contributed by atoms with van der Waals surface area (Å²) in [6.07, 6.45) is 2.58. The average molecular weight is 655 g/mol. The minimum atomic E-state index is -0.680. The molecule has 3 aromatic rings. The van der Waals surface area contributed by atoms with Crippen LogP contribution in [0.1, 0.15) is 76.0 Å². The van der Waals surface area contributed by atoms with Crippen molar-refractivity contribution in [2.24, 2.45) is 5.92 Å². The van der Waals surface area contributed by atoms with Gasteiger partial charge in [-0.3, -0.25) is 14.4 Å². The van der Waals surface area contributed by atoms with Crippen molar-refractivity contribution in [2.45, 2.75) is 70.3 Å². The van der Waals surface area contributed by atoms with Gasteiger partial charge in [0, 0.05) is 52.0 Å². The molecule has 9 heteroatoms. The summed E-state index contributed by atoms with van der Waals surface area (Å²) in [6, 6.07) is 30.3. The van der Waals surface area contributed by atoms with Crippen molar-refractivity contribution in [1.29, 1.82) is 0 Å². The van der Waals surface area contributed by atoms with E-state index in [-0.39, 0.29) is 55.5 Å². The van der Waals surface area contributed by atoms with Crippen LogP contribution in [0.15, 0.2) is 91.0 Å². The van der Waals surface area contributed by atoms with Gasteiger partial charge in [0.1, 0.15) is 5.60 Å². The normalized spacial score (nSPS) is 14.9. The quantitative estimate of drug-likeness (QED) is 0.155. The van der Waals surface area contributed by atoms with Crippen LogP contribution in [-0.2, 0) is 24.5 Å². The average Bonchev–Trinajstić information content (AvgIpc) is 3.09. The Hall–Kier alpha value is -4.66. The summed E-state index contributed by atoms with van der Waals surface area (Å²) in [5.41, 5.74) is 1.87. The summed E-state index contributed by atoms with van der Waals surface area (Å²) in [7, 11) is 0. The Bertz CT molecular complexity index is 1380. The number of piperidine rings is 1. The Morgan fingerprint density at radius 1 is 0.708 bits per heavy atom. The molecule has 256 valence electrons. The summed E-state index contributed by atoms with van der Waals surface area (Å²) in [6.45, 7) is 7.83. The lowest BCUT2D eigenvalue weighted by Gasteiger charge is -2.35. The van der Waals surface area contributed by atoms with Crippen LogP contribution in [0.2, 0.25) is 0 Å². The van der Waals surface area contributed by atoms with Crippen LogP contribution < -0.4 is 16.0 Å². The van der Waals surface area contributed by atoms with Crippen molar-refractivity contribution in [3.8, 4) is 0 Å². The van der Waals surface area contributed by atoms with E-state index in [4.69, 9.17) is 4.74 Å². The monoisotopic (exact) mass is 654 g/mol. The lowest BCUT2D eigenvalue weighted by Crippen LogP contribution is -2.45. The van der Waals surface area contributed by atoms with Gasteiger partial charge in [-0.1, -0.05) is 91.0 Å². The minimum absolute atomic E-state index is 0.101. The molecule has 4 amide bonds. The molecule has 1 aliphatic rings. The SMILES string of the molecule is CC(C)(C)OC(=O)N1CCC[C@H](CNC(=O)CCNC(=O)CCCNC(=O)CC(c2ccccc2)(c2ccccc2)c2ccccc2)C1. The van der Waals surface area contributed by atoms with Gasteiger partial charge < -0.3 is 25.6 Å². The number of rotatable bonds is 14. The zero-order valence-electron chi connectivity index (χ0n) is 28.5. The first-order valence-corrected chi connectivity index (χ1v) is 17.0. The van der Waals surface area contributed by atoms with Gasteiger partial charge in [0.25, 0.3) is 0 Å². The lowest BCUT2D eigenvalue weighted by molar-refractivity contribution is -0.124. The van der Waals surface area contributed by atoms with Crippen molar-refractivity contribution in [3.63, 3.8) is 0 Å². The Morgan fingerprint density at radius 2 is 1.23 bits per heavy atom. The highest BCUT2D eigenvalue weighted by molar-refractivity contribution is 5.81. The van der Waals surface area contributed by atoms with Crippen molar-refractivity contribution >= 4 is 23.8 Å². The first-order valence-electron chi connectivity index (χ1n) is 17.0. The second-order valence-electron chi connectivity index (χ2n) is 13.5. The predicted molar refractivity (Wildman–Crippen MR) is 187 cm³/mol. The van der Waals surface area contributed by atoms with Gasteiger partial charge in [-0.05, 0) is 62.6 Å². The number of ether oxygens (including phenoxy) is 1. The minimum Gasteiger partial charge on any atom is -0.444 e. The van der Waals surface area contributed by atoms with Crippen molar-refractivity contribution < 1.29 is 23.9 Å². The maximum Gasteiger partial charge on any atom is 0.410 e. The Balaban J connectivity index is 1.19. The number of carbonyl (C=O) groups excluding carboxylic acids is 4. The fourth-order valence-electron chi connectivity index (χ4n) is 6.23. The third-order valence-electron chi connectivity index (χ3n) is 8.56. The maximum atomic E-state index is 13.5. The zero-order chi connectivity index (χ0) is 34.4. The number of likely N-dealkylation sites (tertiary alicyclic amines) is 1. The summed E-state index contributed by atoms with van der Waals surface area (Å²) in [5.74, 6) is -0.241. The van der Waals surface area contributed by atoms with E-state index in [2.05, 4.69) is 52.3 Å². The van der Waals surface area contributed by atoms with Crippen molar-refractivity contribution in [1.82, 2.24) is 20.9 Å². The van der Waals surface area contributed by atoms with Gasteiger partial charge in [0.05, 0.1) is 5.41 Å². The molecule has 1 saturated heterocycles. The second-order valence-corrected chi connectivity index (χ2v) is 13.5. The third kappa shape index (κ3) is 10.7. The van der Waals surface area contributed by atoms with E-state index in [0.29, 0.717) is 32.6 Å². The van der Waals surface area contributed by atoms with Gasteiger partial charge in [-0.2, -0.15) is 0 Å². The van der Waals surface area contributed by atoms with E-state index < -0.39 is 11.0 Å². The zero-order valence-corrected chi connectivity index (χ0v) is 28.5. The molecule has 0 saturated carbocycles. The fourth-order valence-corrected chi connectivity index (χ4v) is 6.23. The molecule has 4 rings (SSSR count). The number of benzene rings is 3. The van der Waals surface area contributed by atoms with E-state index in [0.717, 1.165) is 29.5 Å². The lowest BCUT2D eigenvalue weighted by atomic mass is 9.67. The fraction of sp³-hybridized carbons (Fsp3) is 0.436. The van der Waals surface area contributed by atoms with Crippen LogP contribution in [0, 0.1) is 5.92 Å². The molecule has 0 unspecified atom stereocenters. The van der Waals surface area contributed by atoms with Gasteiger partial charge in [-0.25, -0.2) is 4.79 Å². The van der Waals surface area contributed by atoms with Crippen LogP contribution in [-0.4, -0.2) is 67.0 Å². The van der Waals surface area contributed by atoms with E-state index >= 15 is 0 Å². The van der Waals surface area contributed by atoms with E-state index in [1.54, 1.807) is 4.90 Å². The Kier molecular flexibility index (Phi) is 13.2. The van der Waals surface area contributed by atoms with Crippen LogP contribution in [0.25, 0.3) is 0 Å². The largest absolute Gasteiger partial charge is 0.444 e. The predicted octanol–water partition coefficient (Wildman–Crippen LogP) is 5.58. The summed E-state index contributed by atoms with van der Waals surface area (Å²) >= 11 is 0. The standard InChI is InChI=1S/C39H50N4O5/c1-38(2,3)48-37(47)43-26-14-15-30(29-43)28-42-35(45)23-25-41-34(44)22-13-24-40-36(46)27-39(31-16-7-4-8-17-31,32-18-9-5-10-19-32)33-20-11-6-12-21-33/h4-12,16-21,30H,13-15,22-29H2,1-3H3,(H,40,46)(H,41,44)(H,42,45)/t30-/m1/s1. The molecule has 0 spiro atoms. The number of amides is 4. The molecule has 48 heavy (non-hydrogen) atoms. The molecule has 0 aliphatic carbocycles. The number of nitrogens with zero attached hydrogens (tertiary/aromatic N) is 1. The topological polar surface area (TPSA) is 117 Å². The molecule has 0 radical (unpaired) electrons. The highest BCUT2D eigenvalue weighted by Crippen LogP contribution is 2.42. The van der Waals surface area contributed by atoms with E-state index in [1.807, 2.05) is 75.4 Å². The van der Waals surface area contributed by atoms with Gasteiger partial charge >= 0.3 is 6.09 Å². The van der Waals surface area contributed by atoms with Crippen LogP contribution in [0.3, 0.4) is 0 Å². The molecule has 1 aliphatic heterocycles. The highest BCUT2D eigenvalue weighted by atomic mass is 16.6. The summed E-state index contributed by atoms with van der Waals surface area (Å²) in [5, 5.41) is 8.77. The third-order valence-corrected chi connectivity index (χ3v) is 8.56. The first kappa shape index (κ1) is 36.2. The van der Waals surface area contributed by atoms with Gasteiger partial charge in [0.2, 0.25) is 17.7 Å². The first-order chi connectivity index (χ1) is 23.1. The van der Waals surface area contributed by atoms with Crippen molar-refractivity contribution in [2.75, 3.05) is 32.7 Å². The second kappa shape index (κ2) is 17.5. The number of carbonyl (C=O) groups is 4. The smallest absolute Gasteiger partial charge is 0.410 e. The molecule has 3 aromatic carbocycles. The molecular weight excluding hydrogens is 604 g/mol. The molecule has 0 aromatic heterocycles. The van der Waals surface area contributed by atoms with Crippen LogP contribution in [0.5, 0.6) is 0 Å².